The SMILES string of the molecule is O=C(O)c1cnn2cc(CN3CCCC4(CCC4)CC3)cnc12. The second-order valence-corrected chi connectivity index (χ2v) is 7.08. The van der Waals surface area contributed by atoms with Gasteiger partial charge >= 0.3 is 5.97 Å². The highest BCUT2D eigenvalue weighted by Crippen LogP contribution is 2.48. The van der Waals surface area contributed by atoms with E-state index in [1.165, 1.54) is 44.7 Å². The van der Waals surface area contributed by atoms with Crippen LogP contribution in [0.2, 0.25) is 0 Å². The first-order valence-corrected chi connectivity index (χ1v) is 8.43. The van der Waals surface area contributed by atoms with Crippen LogP contribution in [0.25, 0.3) is 5.65 Å². The van der Waals surface area contributed by atoms with Gasteiger partial charge in [-0.2, -0.15) is 5.10 Å². The number of fused-ring (bicyclic) bond motifs is 1. The first kappa shape index (κ1) is 14.6. The molecule has 2 aliphatic rings. The van der Waals surface area contributed by atoms with Crippen LogP contribution in [-0.4, -0.2) is 43.7 Å². The van der Waals surface area contributed by atoms with Gasteiger partial charge < -0.3 is 5.11 Å². The van der Waals surface area contributed by atoms with Crippen LogP contribution >= 0.6 is 0 Å². The zero-order valence-corrected chi connectivity index (χ0v) is 13.2. The number of nitrogens with zero attached hydrogens (tertiary/aromatic N) is 4. The molecule has 3 heterocycles. The van der Waals surface area contributed by atoms with E-state index in [0.29, 0.717) is 11.1 Å². The Balaban J connectivity index is 1.48. The fraction of sp³-hybridized carbons (Fsp3) is 0.588. The third-order valence-corrected chi connectivity index (χ3v) is 5.60. The predicted molar refractivity (Wildman–Crippen MR) is 85.4 cm³/mol. The van der Waals surface area contributed by atoms with Gasteiger partial charge in [0.15, 0.2) is 5.65 Å². The van der Waals surface area contributed by atoms with Crippen molar-refractivity contribution in [3.63, 3.8) is 0 Å². The average Bonchev–Trinajstić information content (AvgIpc) is 2.79. The molecule has 1 aliphatic carbocycles. The van der Waals surface area contributed by atoms with E-state index in [4.69, 9.17) is 5.11 Å². The maximum absolute atomic E-state index is 11.1. The lowest BCUT2D eigenvalue weighted by molar-refractivity contribution is 0.0698. The number of carbonyl (C=O) groups is 1. The normalized spacial score (nSPS) is 21.2. The number of aromatic nitrogens is 3. The van der Waals surface area contributed by atoms with Crippen molar-refractivity contribution in [3.05, 3.63) is 29.7 Å². The molecule has 1 spiro atoms. The number of hydrogen-bond acceptors (Lipinski definition) is 4. The lowest BCUT2D eigenvalue weighted by atomic mass is 9.64. The van der Waals surface area contributed by atoms with Gasteiger partial charge in [-0.25, -0.2) is 14.3 Å². The van der Waals surface area contributed by atoms with Crippen molar-refractivity contribution < 1.29 is 9.90 Å². The fourth-order valence-electron chi connectivity index (χ4n) is 4.05. The Labute approximate surface area is 135 Å². The molecule has 2 fully saturated rings. The maximum Gasteiger partial charge on any atom is 0.341 e. The third-order valence-electron chi connectivity index (χ3n) is 5.60. The minimum absolute atomic E-state index is 0.151. The fourth-order valence-corrected chi connectivity index (χ4v) is 4.05. The molecule has 1 N–H and O–H groups in total. The second-order valence-electron chi connectivity index (χ2n) is 7.08. The molecule has 1 saturated carbocycles. The summed E-state index contributed by atoms with van der Waals surface area (Å²) < 4.78 is 1.57. The molecule has 1 aliphatic heterocycles. The number of aromatic carboxylic acids is 1. The summed E-state index contributed by atoms with van der Waals surface area (Å²) in [7, 11) is 0. The molecule has 0 amide bonds. The van der Waals surface area contributed by atoms with E-state index in [1.54, 1.807) is 10.7 Å². The molecule has 2 aromatic heterocycles. The van der Waals surface area contributed by atoms with Crippen LogP contribution in [0.15, 0.2) is 18.6 Å². The number of carboxylic acid groups (broad SMARTS) is 1. The lowest BCUT2D eigenvalue weighted by Gasteiger charge is -2.41. The van der Waals surface area contributed by atoms with Crippen LogP contribution in [0.5, 0.6) is 0 Å². The predicted octanol–water partition coefficient (Wildman–Crippen LogP) is 2.58. The molecule has 2 aromatic rings. The van der Waals surface area contributed by atoms with Crippen molar-refractivity contribution in [3.8, 4) is 0 Å². The highest BCUT2D eigenvalue weighted by atomic mass is 16.4. The van der Waals surface area contributed by atoms with Gasteiger partial charge in [-0.05, 0) is 50.6 Å². The number of rotatable bonds is 3. The Morgan fingerprint density at radius 2 is 2.00 bits per heavy atom. The Hall–Kier alpha value is -1.95. The molecule has 1 saturated heterocycles. The van der Waals surface area contributed by atoms with Gasteiger partial charge in [0.05, 0.1) is 6.20 Å². The van der Waals surface area contributed by atoms with Crippen molar-refractivity contribution in [2.45, 2.75) is 45.1 Å². The monoisotopic (exact) mass is 314 g/mol. The largest absolute Gasteiger partial charge is 0.477 e. The molecular weight excluding hydrogens is 292 g/mol. The topological polar surface area (TPSA) is 70.7 Å². The standard InChI is InChI=1S/C17H22N4O2/c22-16(23)14-10-19-21-12-13(9-18-15(14)21)11-20-7-2-5-17(6-8-20)3-1-4-17/h9-10,12H,1-8,11H2,(H,22,23). The molecule has 0 bridgehead atoms. The van der Waals surface area contributed by atoms with E-state index in [9.17, 15) is 4.79 Å². The first-order chi connectivity index (χ1) is 11.2. The van der Waals surface area contributed by atoms with Crippen molar-refractivity contribution in [2.75, 3.05) is 13.1 Å². The summed E-state index contributed by atoms with van der Waals surface area (Å²) in [5, 5.41) is 13.2. The van der Waals surface area contributed by atoms with Crippen LogP contribution in [0.4, 0.5) is 0 Å². The highest BCUT2D eigenvalue weighted by molar-refractivity contribution is 5.93. The average molecular weight is 314 g/mol. The Kier molecular flexibility index (Phi) is 3.56. The minimum Gasteiger partial charge on any atom is -0.477 e. The van der Waals surface area contributed by atoms with Gasteiger partial charge in [-0.3, -0.25) is 4.90 Å². The number of carboxylic acids is 1. The summed E-state index contributed by atoms with van der Waals surface area (Å²) in [4.78, 5) is 17.9. The number of hydrogen-bond donors (Lipinski definition) is 1. The van der Waals surface area contributed by atoms with Gasteiger partial charge in [0.2, 0.25) is 0 Å². The highest BCUT2D eigenvalue weighted by Gasteiger charge is 2.37. The van der Waals surface area contributed by atoms with Gasteiger partial charge in [0.25, 0.3) is 0 Å². The summed E-state index contributed by atoms with van der Waals surface area (Å²) in [6, 6.07) is 0. The molecule has 23 heavy (non-hydrogen) atoms. The van der Waals surface area contributed by atoms with Crippen LogP contribution in [0.1, 0.15) is 54.4 Å². The van der Waals surface area contributed by atoms with E-state index in [0.717, 1.165) is 25.2 Å². The Morgan fingerprint density at radius 3 is 2.74 bits per heavy atom. The van der Waals surface area contributed by atoms with Crippen LogP contribution in [0.3, 0.4) is 0 Å². The van der Waals surface area contributed by atoms with Crippen molar-refractivity contribution in [1.29, 1.82) is 0 Å². The molecule has 0 unspecified atom stereocenters. The molecule has 0 atom stereocenters. The smallest absolute Gasteiger partial charge is 0.341 e. The van der Waals surface area contributed by atoms with Gasteiger partial charge in [-0.15, -0.1) is 0 Å². The molecule has 0 radical (unpaired) electrons. The zero-order chi connectivity index (χ0) is 15.9. The molecule has 4 rings (SSSR count). The number of likely N-dealkylation sites (tertiary alicyclic amines) is 1. The van der Waals surface area contributed by atoms with Gasteiger partial charge in [-0.1, -0.05) is 6.42 Å². The van der Waals surface area contributed by atoms with Crippen LogP contribution < -0.4 is 0 Å². The molecule has 6 heteroatoms. The van der Waals surface area contributed by atoms with E-state index in [-0.39, 0.29) is 5.56 Å². The summed E-state index contributed by atoms with van der Waals surface area (Å²) in [6.07, 6.45) is 13.3. The van der Waals surface area contributed by atoms with Gasteiger partial charge in [0, 0.05) is 24.5 Å². The third kappa shape index (κ3) is 2.72. The zero-order valence-electron chi connectivity index (χ0n) is 13.2. The van der Waals surface area contributed by atoms with Crippen molar-refractivity contribution in [2.24, 2.45) is 5.41 Å². The van der Waals surface area contributed by atoms with E-state index < -0.39 is 5.97 Å². The Morgan fingerprint density at radius 1 is 1.17 bits per heavy atom. The van der Waals surface area contributed by atoms with E-state index in [1.807, 2.05) is 6.20 Å². The quantitative estimate of drug-likeness (QED) is 0.943. The summed E-state index contributed by atoms with van der Waals surface area (Å²) in [5.74, 6) is -0.987. The molecular formula is C17H22N4O2. The minimum atomic E-state index is -0.987. The summed E-state index contributed by atoms with van der Waals surface area (Å²) in [6.45, 7) is 3.15. The van der Waals surface area contributed by atoms with Crippen LogP contribution in [0, 0.1) is 5.41 Å². The molecule has 0 aromatic carbocycles. The van der Waals surface area contributed by atoms with Gasteiger partial charge in [0.1, 0.15) is 5.56 Å². The lowest BCUT2D eigenvalue weighted by Crippen LogP contribution is -2.31. The summed E-state index contributed by atoms with van der Waals surface area (Å²) in [5.41, 5.74) is 2.29. The second kappa shape index (κ2) is 5.60. The van der Waals surface area contributed by atoms with Crippen LogP contribution in [-0.2, 0) is 6.54 Å². The van der Waals surface area contributed by atoms with E-state index >= 15 is 0 Å². The first-order valence-electron chi connectivity index (χ1n) is 8.43. The Bertz CT molecular complexity index is 735. The maximum atomic E-state index is 11.1. The molecule has 6 nitrogen and oxygen atoms in total. The summed E-state index contributed by atoms with van der Waals surface area (Å²) >= 11 is 0. The van der Waals surface area contributed by atoms with Crippen molar-refractivity contribution >= 4 is 11.6 Å². The van der Waals surface area contributed by atoms with Crippen molar-refractivity contribution in [1.82, 2.24) is 19.5 Å². The molecule has 122 valence electrons. The van der Waals surface area contributed by atoms with E-state index in [2.05, 4.69) is 15.0 Å².